The monoisotopic (exact) mass is 291 g/mol. The lowest BCUT2D eigenvalue weighted by Crippen LogP contribution is -2.48. The molecule has 116 valence electrons. The molecule has 1 saturated heterocycles. The molecular formula is C15H25N5O. The Kier molecular flexibility index (Phi) is 5.36. The molecule has 0 unspecified atom stereocenters. The van der Waals surface area contributed by atoms with Crippen LogP contribution in [0, 0.1) is 0 Å². The van der Waals surface area contributed by atoms with Crippen LogP contribution in [0.1, 0.15) is 32.8 Å². The minimum atomic E-state index is 0.151. The van der Waals surface area contributed by atoms with E-state index in [1.54, 1.807) is 13.3 Å². The molecule has 0 bridgehead atoms. The van der Waals surface area contributed by atoms with Crippen molar-refractivity contribution in [2.45, 2.75) is 33.6 Å². The van der Waals surface area contributed by atoms with Crippen molar-refractivity contribution >= 4 is 17.5 Å². The average Bonchev–Trinajstić information content (AvgIpc) is 2.52. The van der Waals surface area contributed by atoms with Crippen LogP contribution in [0.5, 0.6) is 0 Å². The van der Waals surface area contributed by atoms with Crippen molar-refractivity contribution in [3.63, 3.8) is 0 Å². The topological polar surface area (TPSA) is 61.4 Å². The summed E-state index contributed by atoms with van der Waals surface area (Å²) >= 11 is 0. The molecular weight excluding hydrogens is 266 g/mol. The summed E-state index contributed by atoms with van der Waals surface area (Å²) in [6.07, 6.45) is 3.60. The highest BCUT2D eigenvalue weighted by Gasteiger charge is 2.22. The van der Waals surface area contributed by atoms with Crippen LogP contribution < -0.4 is 10.2 Å². The molecule has 1 N–H and O–H groups in total. The highest BCUT2D eigenvalue weighted by molar-refractivity contribution is 5.73. The highest BCUT2D eigenvalue weighted by atomic mass is 16.2. The van der Waals surface area contributed by atoms with Crippen LogP contribution in [-0.4, -0.2) is 53.5 Å². The SMILES string of the molecule is CCCNc1ncnc(N2CCN(C(C)=O)CC2)c1CC. The van der Waals surface area contributed by atoms with Crippen LogP contribution in [0.4, 0.5) is 11.6 Å². The van der Waals surface area contributed by atoms with Crippen molar-refractivity contribution in [3.8, 4) is 0 Å². The van der Waals surface area contributed by atoms with Crippen LogP contribution >= 0.6 is 0 Å². The van der Waals surface area contributed by atoms with Crippen molar-refractivity contribution in [2.24, 2.45) is 0 Å². The molecule has 6 nitrogen and oxygen atoms in total. The zero-order valence-electron chi connectivity index (χ0n) is 13.2. The first-order chi connectivity index (χ1) is 10.2. The van der Waals surface area contributed by atoms with E-state index >= 15 is 0 Å². The molecule has 21 heavy (non-hydrogen) atoms. The molecule has 1 fully saturated rings. The Balaban J connectivity index is 2.14. The Morgan fingerprint density at radius 3 is 2.52 bits per heavy atom. The third kappa shape index (κ3) is 3.62. The summed E-state index contributed by atoms with van der Waals surface area (Å²) in [6.45, 7) is 10.0. The van der Waals surface area contributed by atoms with Gasteiger partial charge in [-0.1, -0.05) is 13.8 Å². The van der Waals surface area contributed by atoms with Gasteiger partial charge in [0, 0.05) is 45.2 Å². The number of nitrogens with zero attached hydrogens (tertiary/aromatic N) is 4. The van der Waals surface area contributed by atoms with Gasteiger partial charge in [0.05, 0.1) is 0 Å². The maximum Gasteiger partial charge on any atom is 0.219 e. The molecule has 1 aliphatic heterocycles. The van der Waals surface area contributed by atoms with Crippen LogP contribution in [0.3, 0.4) is 0 Å². The summed E-state index contributed by atoms with van der Waals surface area (Å²) < 4.78 is 0. The number of rotatable bonds is 5. The van der Waals surface area contributed by atoms with Gasteiger partial charge < -0.3 is 15.1 Å². The fraction of sp³-hybridized carbons (Fsp3) is 0.667. The summed E-state index contributed by atoms with van der Waals surface area (Å²) in [5, 5.41) is 3.38. The van der Waals surface area contributed by atoms with Crippen molar-refractivity contribution < 1.29 is 4.79 Å². The van der Waals surface area contributed by atoms with Crippen molar-refractivity contribution in [3.05, 3.63) is 11.9 Å². The summed E-state index contributed by atoms with van der Waals surface area (Å²) in [4.78, 5) is 24.4. The largest absolute Gasteiger partial charge is 0.370 e. The number of hydrogen-bond acceptors (Lipinski definition) is 5. The Bertz CT molecular complexity index is 483. The van der Waals surface area contributed by atoms with Gasteiger partial charge in [0.1, 0.15) is 18.0 Å². The molecule has 1 aromatic heterocycles. The second-order valence-electron chi connectivity index (χ2n) is 5.30. The third-order valence-corrected chi connectivity index (χ3v) is 3.84. The summed E-state index contributed by atoms with van der Waals surface area (Å²) in [6, 6.07) is 0. The fourth-order valence-electron chi connectivity index (χ4n) is 2.63. The average molecular weight is 291 g/mol. The molecule has 1 aromatic rings. The first-order valence-electron chi connectivity index (χ1n) is 7.75. The molecule has 0 atom stereocenters. The van der Waals surface area contributed by atoms with Crippen molar-refractivity contribution in [2.75, 3.05) is 42.9 Å². The number of nitrogens with one attached hydrogen (secondary N) is 1. The van der Waals surface area contributed by atoms with Gasteiger partial charge >= 0.3 is 0 Å². The van der Waals surface area contributed by atoms with Crippen LogP contribution in [0.15, 0.2) is 6.33 Å². The summed E-state index contributed by atoms with van der Waals surface area (Å²) in [7, 11) is 0. The number of anilines is 2. The number of amides is 1. The molecule has 0 spiro atoms. The second-order valence-corrected chi connectivity index (χ2v) is 5.30. The smallest absolute Gasteiger partial charge is 0.219 e. The van der Waals surface area contributed by atoms with E-state index in [0.717, 1.165) is 57.2 Å². The van der Waals surface area contributed by atoms with E-state index in [9.17, 15) is 4.79 Å². The van der Waals surface area contributed by atoms with E-state index in [1.807, 2.05) is 4.90 Å². The van der Waals surface area contributed by atoms with Gasteiger partial charge in [0.15, 0.2) is 0 Å². The predicted molar refractivity (Wildman–Crippen MR) is 84.7 cm³/mol. The molecule has 1 aliphatic rings. The molecule has 0 radical (unpaired) electrons. The quantitative estimate of drug-likeness (QED) is 0.891. The van der Waals surface area contributed by atoms with Crippen LogP contribution in [0.2, 0.25) is 0 Å². The van der Waals surface area contributed by atoms with Crippen LogP contribution in [-0.2, 0) is 11.2 Å². The lowest BCUT2D eigenvalue weighted by atomic mass is 10.2. The number of piperazine rings is 1. The van der Waals surface area contributed by atoms with E-state index in [4.69, 9.17) is 0 Å². The van der Waals surface area contributed by atoms with Crippen molar-refractivity contribution in [1.82, 2.24) is 14.9 Å². The Morgan fingerprint density at radius 2 is 1.95 bits per heavy atom. The van der Waals surface area contributed by atoms with Gasteiger partial charge in [0.2, 0.25) is 5.91 Å². The molecule has 6 heteroatoms. The van der Waals surface area contributed by atoms with E-state index in [0.29, 0.717) is 0 Å². The lowest BCUT2D eigenvalue weighted by molar-refractivity contribution is -0.129. The zero-order valence-corrected chi connectivity index (χ0v) is 13.2. The lowest BCUT2D eigenvalue weighted by Gasteiger charge is -2.35. The first kappa shape index (κ1) is 15.5. The Labute approximate surface area is 126 Å². The second kappa shape index (κ2) is 7.24. The fourth-order valence-corrected chi connectivity index (χ4v) is 2.63. The minimum Gasteiger partial charge on any atom is -0.370 e. The maximum absolute atomic E-state index is 11.4. The zero-order chi connectivity index (χ0) is 15.2. The van der Waals surface area contributed by atoms with Gasteiger partial charge in [-0.15, -0.1) is 0 Å². The summed E-state index contributed by atoms with van der Waals surface area (Å²) in [5.74, 6) is 2.10. The molecule has 0 aromatic carbocycles. The molecule has 0 saturated carbocycles. The highest BCUT2D eigenvalue weighted by Crippen LogP contribution is 2.25. The third-order valence-electron chi connectivity index (χ3n) is 3.84. The standard InChI is InChI=1S/C15H25N5O/c1-4-6-16-14-13(5-2)15(18-11-17-14)20-9-7-19(8-10-20)12(3)21/h11H,4-10H2,1-3H3,(H,16,17,18). The predicted octanol–water partition coefficient (Wildman–Crippen LogP) is 1.53. The van der Waals surface area contributed by atoms with Gasteiger partial charge in [0.25, 0.3) is 0 Å². The number of aromatic nitrogens is 2. The minimum absolute atomic E-state index is 0.151. The van der Waals surface area contributed by atoms with E-state index in [1.165, 1.54) is 5.56 Å². The molecule has 2 heterocycles. The first-order valence-corrected chi connectivity index (χ1v) is 7.75. The molecule has 0 aliphatic carbocycles. The van der Waals surface area contributed by atoms with Crippen LogP contribution in [0.25, 0.3) is 0 Å². The van der Waals surface area contributed by atoms with E-state index in [2.05, 4.69) is 34.0 Å². The Morgan fingerprint density at radius 1 is 1.24 bits per heavy atom. The molecule has 2 rings (SSSR count). The normalized spacial score (nSPS) is 15.2. The Hall–Kier alpha value is -1.85. The molecule has 1 amide bonds. The van der Waals surface area contributed by atoms with Gasteiger partial charge in [-0.05, 0) is 12.8 Å². The number of carbonyl (C=O) groups excluding carboxylic acids is 1. The van der Waals surface area contributed by atoms with Crippen molar-refractivity contribution in [1.29, 1.82) is 0 Å². The van der Waals surface area contributed by atoms with E-state index < -0.39 is 0 Å². The van der Waals surface area contributed by atoms with Gasteiger partial charge in [-0.2, -0.15) is 0 Å². The number of carbonyl (C=O) groups is 1. The number of hydrogen-bond donors (Lipinski definition) is 1. The maximum atomic E-state index is 11.4. The van der Waals surface area contributed by atoms with E-state index in [-0.39, 0.29) is 5.91 Å². The van der Waals surface area contributed by atoms with Gasteiger partial charge in [-0.25, -0.2) is 9.97 Å². The summed E-state index contributed by atoms with van der Waals surface area (Å²) in [5.41, 5.74) is 1.17. The van der Waals surface area contributed by atoms with Gasteiger partial charge in [-0.3, -0.25) is 4.79 Å².